The summed E-state index contributed by atoms with van der Waals surface area (Å²) >= 11 is 0. The summed E-state index contributed by atoms with van der Waals surface area (Å²) in [4.78, 5) is 6.56. The summed E-state index contributed by atoms with van der Waals surface area (Å²) in [5, 5.41) is 8.83. The number of imidazole rings is 1. The van der Waals surface area contributed by atoms with E-state index in [1.54, 1.807) is 60.3 Å². The number of para-hydroxylation sites is 2. The fourth-order valence-electron chi connectivity index (χ4n) is 6.13. The Morgan fingerprint density at radius 2 is 1.47 bits per heavy atom. The maximum atomic E-state index is 16.0. The van der Waals surface area contributed by atoms with Gasteiger partial charge < -0.3 is 10.2 Å². The van der Waals surface area contributed by atoms with Crippen molar-refractivity contribution < 1.29 is 22.0 Å². The monoisotopic (exact) mass is 616 g/mol. The lowest BCUT2D eigenvalue weighted by atomic mass is 10.0. The molecular weight excluding hydrogens is 587 g/mol. The Morgan fingerprint density at radius 1 is 0.756 bits per heavy atom. The van der Waals surface area contributed by atoms with Gasteiger partial charge in [-0.05, 0) is 55.3 Å². The smallest absolute Gasteiger partial charge is 0.382 e. The van der Waals surface area contributed by atoms with Crippen molar-refractivity contribution in [3.63, 3.8) is 0 Å². The number of nitrogens with one attached hydrogen (secondary N) is 1. The number of alkyl halides is 5. The van der Waals surface area contributed by atoms with E-state index in [-0.39, 0.29) is 17.6 Å². The van der Waals surface area contributed by atoms with Crippen LogP contribution in [-0.4, -0.2) is 38.5 Å². The Labute approximate surface area is 255 Å². The van der Waals surface area contributed by atoms with Crippen LogP contribution in [0.15, 0.2) is 97.1 Å². The highest BCUT2D eigenvalue weighted by Crippen LogP contribution is 2.39. The number of rotatable bonds is 6. The predicted octanol–water partition coefficient (Wildman–Crippen LogP) is 8.29. The normalized spacial score (nSPS) is 14.8. The molecule has 4 aromatic carbocycles. The van der Waals surface area contributed by atoms with Gasteiger partial charge in [0, 0.05) is 48.4 Å². The molecule has 1 fully saturated rings. The van der Waals surface area contributed by atoms with Crippen LogP contribution < -0.4 is 10.2 Å². The molecular formula is C34H29F5N6. The molecule has 1 aliphatic heterocycles. The molecule has 11 heteroatoms. The molecule has 7 rings (SSSR count). The van der Waals surface area contributed by atoms with Gasteiger partial charge in [-0.3, -0.25) is 4.68 Å². The van der Waals surface area contributed by atoms with Gasteiger partial charge in [0.05, 0.1) is 22.1 Å². The number of hydrogen-bond acceptors (Lipinski definition) is 4. The molecule has 2 aromatic heterocycles. The zero-order valence-electron chi connectivity index (χ0n) is 24.3. The molecule has 0 spiro atoms. The Kier molecular flexibility index (Phi) is 6.98. The molecule has 0 saturated carbocycles. The average Bonchev–Trinajstić information content (AvgIpc) is 3.60. The first-order chi connectivity index (χ1) is 21.6. The van der Waals surface area contributed by atoms with Crippen molar-refractivity contribution in [2.75, 3.05) is 23.3 Å². The third kappa shape index (κ3) is 5.26. The van der Waals surface area contributed by atoms with Gasteiger partial charge in [-0.1, -0.05) is 54.6 Å². The standard InChI is InChI=1S/C34H29F5N6/c1-43-30-21-26(14-15-27(30)31(42-43)22-8-7-11-24(20-22)33(35,36)37)40-25-16-18-44(19-17-25)32-41-28-12-5-6-13-29(28)45(32)34(38,39)23-9-3-2-4-10-23/h2-15,20-21,25,40H,16-19H2,1H3. The van der Waals surface area contributed by atoms with Crippen LogP contribution in [0.1, 0.15) is 24.0 Å². The molecule has 45 heavy (non-hydrogen) atoms. The third-order valence-electron chi connectivity index (χ3n) is 8.41. The Balaban J connectivity index is 1.11. The van der Waals surface area contributed by atoms with Crippen molar-refractivity contribution in [3.05, 3.63) is 108 Å². The maximum Gasteiger partial charge on any atom is 0.416 e. The molecule has 0 aliphatic carbocycles. The zero-order chi connectivity index (χ0) is 31.3. The summed E-state index contributed by atoms with van der Waals surface area (Å²) < 4.78 is 74.7. The highest BCUT2D eigenvalue weighted by Gasteiger charge is 2.39. The van der Waals surface area contributed by atoms with Crippen molar-refractivity contribution in [3.8, 4) is 11.3 Å². The quantitative estimate of drug-likeness (QED) is 0.191. The summed E-state index contributed by atoms with van der Waals surface area (Å²) in [5.74, 6) is 0.238. The fourth-order valence-corrected chi connectivity index (χ4v) is 6.13. The first kappa shape index (κ1) is 28.8. The Morgan fingerprint density at radius 3 is 2.22 bits per heavy atom. The highest BCUT2D eigenvalue weighted by atomic mass is 19.4. The van der Waals surface area contributed by atoms with E-state index in [0.29, 0.717) is 48.2 Å². The molecule has 0 bridgehead atoms. The maximum absolute atomic E-state index is 16.0. The van der Waals surface area contributed by atoms with E-state index in [1.165, 1.54) is 18.2 Å². The largest absolute Gasteiger partial charge is 0.416 e. The number of fused-ring (bicyclic) bond motifs is 2. The lowest BCUT2D eigenvalue weighted by molar-refractivity contribution is -0.137. The van der Waals surface area contributed by atoms with Crippen LogP contribution in [0.4, 0.5) is 33.6 Å². The van der Waals surface area contributed by atoms with Gasteiger partial charge >= 0.3 is 12.2 Å². The minimum absolute atomic E-state index is 0.0855. The SMILES string of the molecule is Cn1nc(-c2cccc(C(F)(F)F)c2)c2ccc(NC3CCN(c4nc5ccccc5n4C(F)(F)c4ccccc4)CC3)cc21. The average molecular weight is 617 g/mol. The van der Waals surface area contributed by atoms with Crippen LogP contribution >= 0.6 is 0 Å². The van der Waals surface area contributed by atoms with Gasteiger partial charge in [0.1, 0.15) is 5.69 Å². The fraction of sp³-hybridized carbons (Fsp3) is 0.235. The van der Waals surface area contributed by atoms with E-state index in [1.807, 2.05) is 23.1 Å². The van der Waals surface area contributed by atoms with Crippen LogP contribution in [0.25, 0.3) is 33.2 Å². The van der Waals surface area contributed by atoms with Crippen LogP contribution in [0.5, 0.6) is 0 Å². The summed E-state index contributed by atoms with van der Waals surface area (Å²) in [5.41, 5.74) is 2.56. The second kappa shape index (κ2) is 10.9. The molecule has 1 N–H and O–H groups in total. The predicted molar refractivity (Wildman–Crippen MR) is 165 cm³/mol. The molecule has 0 unspecified atom stereocenters. The second-order valence-corrected chi connectivity index (χ2v) is 11.3. The minimum atomic E-state index is -4.44. The van der Waals surface area contributed by atoms with Crippen molar-refractivity contribution in [2.24, 2.45) is 7.05 Å². The van der Waals surface area contributed by atoms with E-state index in [2.05, 4.69) is 15.4 Å². The molecule has 1 saturated heterocycles. The number of halogens is 5. The van der Waals surface area contributed by atoms with Crippen molar-refractivity contribution in [1.82, 2.24) is 19.3 Å². The molecule has 230 valence electrons. The zero-order valence-corrected chi connectivity index (χ0v) is 24.3. The highest BCUT2D eigenvalue weighted by molar-refractivity contribution is 5.95. The van der Waals surface area contributed by atoms with Crippen LogP contribution in [0.3, 0.4) is 0 Å². The van der Waals surface area contributed by atoms with Crippen molar-refractivity contribution in [2.45, 2.75) is 31.1 Å². The molecule has 6 aromatic rings. The lowest BCUT2D eigenvalue weighted by Gasteiger charge is -2.35. The summed E-state index contributed by atoms with van der Waals surface area (Å²) in [6, 6.07) is 22.4. The Hall–Kier alpha value is -4.93. The lowest BCUT2D eigenvalue weighted by Crippen LogP contribution is -2.41. The molecule has 0 radical (unpaired) electrons. The van der Waals surface area contributed by atoms with Gasteiger partial charge in [0.2, 0.25) is 5.95 Å². The second-order valence-electron chi connectivity index (χ2n) is 11.3. The summed E-state index contributed by atoms with van der Waals surface area (Å²) in [6.45, 7) is 1.05. The molecule has 3 heterocycles. The topological polar surface area (TPSA) is 50.9 Å². The van der Waals surface area contributed by atoms with E-state index < -0.39 is 17.8 Å². The van der Waals surface area contributed by atoms with E-state index in [0.717, 1.165) is 33.3 Å². The van der Waals surface area contributed by atoms with Gasteiger partial charge in [0.15, 0.2) is 0 Å². The Bertz CT molecular complexity index is 1990. The number of benzene rings is 4. The number of nitrogens with zero attached hydrogens (tertiary/aromatic N) is 5. The first-order valence-corrected chi connectivity index (χ1v) is 14.7. The van der Waals surface area contributed by atoms with Gasteiger partial charge in [-0.2, -0.15) is 27.1 Å². The van der Waals surface area contributed by atoms with Gasteiger partial charge in [-0.15, -0.1) is 0 Å². The number of anilines is 2. The van der Waals surface area contributed by atoms with Crippen LogP contribution in [-0.2, 0) is 19.3 Å². The van der Waals surface area contributed by atoms with Crippen LogP contribution in [0.2, 0.25) is 0 Å². The first-order valence-electron chi connectivity index (χ1n) is 14.7. The molecule has 1 aliphatic rings. The summed E-state index contributed by atoms with van der Waals surface area (Å²) in [7, 11) is 1.76. The van der Waals surface area contributed by atoms with Crippen molar-refractivity contribution in [1.29, 1.82) is 0 Å². The minimum Gasteiger partial charge on any atom is -0.382 e. The van der Waals surface area contributed by atoms with E-state index >= 15 is 8.78 Å². The number of piperidine rings is 1. The third-order valence-corrected chi connectivity index (χ3v) is 8.41. The number of hydrogen-bond donors (Lipinski definition) is 1. The number of aromatic nitrogens is 4. The van der Waals surface area contributed by atoms with E-state index in [4.69, 9.17) is 0 Å². The number of aryl methyl sites for hydroxylation is 1. The summed E-state index contributed by atoms with van der Waals surface area (Å²) in [6.07, 6.45) is -3.05. The van der Waals surface area contributed by atoms with Crippen LogP contribution in [0, 0.1) is 0 Å². The molecule has 0 atom stereocenters. The molecule has 6 nitrogen and oxygen atoms in total. The van der Waals surface area contributed by atoms with Gasteiger partial charge in [0.25, 0.3) is 0 Å². The van der Waals surface area contributed by atoms with Crippen molar-refractivity contribution >= 4 is 33.6 Å². The van der Waals surface area contributed by atoms with Gasteiger partial charge in [-0.25, -0.2) is 9.55 Å². The van der Waals surface area contributed by atoms with E-state index in [9.17, 15) is 13.2 Å². The molecule has 0 amide bonds.